The Morgan fingerprint density at radius 1 is 1.44 bits per heavy atom. The van der Waals surface area contributed by atoms with E-state index in [0.29, 0.717) is 11.5 Å². The molecule has 0 spiro atoms. The van der Waals surface area contributed by atoms with Crippen LogP contribution in [0.25, 0.3) is 0 Å². The topological polar surface area (TPSA) is 43.4 Å². The van der Waals surface area contributed by atoms with Crippen molar-refractivity contribution in [1.29, 1.82) is 0 Å². The third kappa shape index (κ3) is 4.57. The Kier molecular flexibility index (Phi) is 5.19. The lowest BCUT2D eigenvalue weighted by Crippen LogP contribution is -2.08. The van der Waals surface area contributed by atoms with Gasteiger partial charge in [0, 0.05) is 22.3 Å². The maximum Gasteiger partial charge on any atom is 0.306 e. The van der Waals surface area contributed by atoms with E-state index < -0.39 is 10.8 Å². The van der Waals surface area contributed by atoms with Crippen molar-refractivity contribution < 1.29 is 13.7 Å². The van der Waals surface area contributed by atoms with Crippen molar-refractivity contribution >= 4 is 16.8 Å². The van der Waals surface area contributed by atoms with Crippen molar-refractivity contribution in [3.05, 3.63) is 35.4 Å². The Balaban J connectivity index is 2.43. The highest BCUT2D eigenvalue weighted by molar-refractivity contribution is 7.84. The summed E-state index contributed by atoms with van der Waals surface area (Å²) in [6.07, 6.45) is 0.217. The van der Waals surface area contributed by atoms with E-state index in [1.54, 1.807) is 0 Å². The van der Waals surface area contributed by atoms with Crippen LogP contribution < -0.4 is 0 Å². The molecule has 4 heteroatoms. The largest absolute Gasteiger partial charge is 0.469 e. The number of rotatable bonds is 5. The molecular weight excluding hydrogens is 224 g/mol. The summed E-state index contributed by atoms with van der Waals surface area (Å²) in [6, 6.07) is 7.90. The van der Waals surface area contributed by atoms with E-state index in [4.69, 9.17) is 0 Å². The summed E-state index contributed by atoms with van der Waals surface area (Å²) in [5.41, 5.74) is 2.20. The number of hydrogen-bond donors (Lipinski definition) is 0. The number of carbonyl (C=O) groups excluding carboxylic acids is 1. The number of aryl methyl sites for hydroxylation is 1. The molecule has 0 saturated carbocycles. The molecular formula is C12H16O3S. The van der Waals surface area contributed by atoms with Gasteiger partial charge in [0.25, 0.3) is 0 Å². The van der Waals surface area contributed by atoms with Gasteiger partial charge in [0.05, 0.1) is 13.5 Å². The van der Waals surface area contributed by atoms with Gasteiger partial charge in [-0.25, -0.2) is 0 Å². The van der Waals surface area contributed by atoms with E-state index in [1.807, 2.05) is 31.2 Å². The Morgan fingerprint density at radius 2 is 2.19 bits per heavy atom. The van der Waals surface area contributed by atoms with Crippen molar-refractivity contribution in [2.75, 3.05) is 12.9 Å². The zero-order chi connectivity index (χ0) is 12.0. The second-order valence-electron chi connectivity index (χ2n) is 3.60. The molecule has 0 aliphatic carbocycles. The molecule has 88 valence electrons. The van der Waals surface area contributed by atoms with Gasteiger partial charge in [-0.3, -0.25) is 9.00 Å². The minimum absolute atomic E-state index is 0.217. The molecule has 16 heavy (non-hydrogen) atoms. The van der Waals surface area contributed by atoms with Crippen LogP contribution in [0.1, 0.15) is 17.5 Å². The molecule has 1 aromatic carbocycles. The van der Waals surface area contributed by atoms with Crippen LogP contribution in [0.2, 0.25) is 0 Å². The van der Waals surface area contributed by atoms with Crippen molar-refractivity contribution in [3.63, 3.8) is 0 Å². The summed E-state index contributed by atoms with van der Waals surface area (Å²) in [5, 5.41) is 0. The van der Waals surface area contributed by atoms with Gasteiger partial charge in [-0.05, 0) is 12.5 Å². The maximum atomic E-state index is 11.6. The molecule has 0 aliphatic rings. The lowest BCUT2D eigenvalue weighted by Gasteiger charge is -2.03. The summed E-state index contributed by atoms with van der Waals surface area (Å²) in [7, 11) is 0.337. The summed E-state index contributed by atoms with van der Waals surface area (Å²) in [4.78, 5) is 10.9. The van der Waals surface area contributed by atoms with Crippen LogP contribution in [0.4, 0.5) is 0 Å². The fourth-order valence-corrected chi connectivity index (χ4v) is 2.45. The van der Waals surface area contributed by atoms with Crippen LogP contribution in [-0.4, -0.2) is 23.0 Å². The lowest BCUT2D eigenvalue weighted by molar-refractivity contribution is -0.140. The van der Waals surface area contributed by atoms with Gasteiger partial charge in [0.1, 0.15) is 0 Å². The Labute approximate surface area is 98.3 Å². The first-order valence-corrected chi connectivity index (χ1v) is 6.58. The molecule has 1 aromatic rings. The Morgan fingerprint density at radius 3 is 2.81 bits per heavy atom. The molecule has 3 nitrogen and oxygen atoms in total. The summed E-state index contributed by atoms with van der Waals surface area (Å²) < 4.78 is 16.1. The molecule has 0 radical (unpaired) electrons. The van der Waals surface area contributed by atoms with Crippen LogP contribution >= 0.6 is 0 Å². The second-order valence-corrected chi connectivity index (χ2v) is 5.18. The van der Waals surface area contributed by atoms with Crippen molar-refractivity contribution in [1.82, 2.24) is 0 Å². The summed E-state index contributed by atoms with van der Waals surface area (Å²) in [5.74, 6) is 0.553. The fourth-order valence-electron chi connectivity index (χ4n) is 1.36. The average Bonchev–Trinajstić information content (AvgIpc) is 2.26. The monoisotopic (exact) mass is 240 g/mol. The van der Waals surface area contributed by atoms with Crippen LogP contribution in [0.5, 0.6) is 0 Å². The second kappa shape index (κ2) is 6.43. The molecule has 0 N–H and O–H groups in total. The Bertz CT molecular complexity index is 388. The molecule has 0 saturated heterocycles. The van der Waals surface area contributed by atoms with Crippen molar-refractivity contribution in [2.45, 2.75) is 19.1 Å². The van der Waals surface area contributed by atoms with E-state index in [0.717, 1.165) is 11.1 Å². The first-order chi connectivity index (χ1) is 7.61. The van der Waals surface area contributed by atoms with Crippen molar-refractivity contribution in [2.24, 2.45) is 0 Å². The molecule has 0 heterocycles. The van der Waals surface area contributed by atoms with Gasteiger partial charge in [0.2, 0.25) is 0 Å². The summed E-state index contributed by atoms with van der Waals surface area (Å²) >= 11 is 0. The first kappa shape index (κ1) is 12.9. The number of methoxy groups -OCH3 is 1. The van der Waals surface area contributed by atoms with E-state index in [9.17, 15) is 9.00 Å². The highest BCUT2D eigenvalue weighted by atomic mass is 32.2. The molecule has 0 fully saturated rings. The smallest absolute Gasteiger partial charge is 0.306 e. The molecule has 0 aromatic heterocycles. The highest BCUT2D eigenvalue weighted by Gasteiger charge is 2.06. The van der Waals surface area contributed by atoms with Gasteiger partial charge < -0.3 is 4.74 Å². The number of ether oxygens (including phenoxy) is 1. The van der Waals surface area contributed by atoms with E-state index in [1.165, 1.54) is 7.11 Å². The molecule has 1 atom stereocenters. The number of benzene rings is 1. The summed E-state index contributed by atoms with van der Waals surface area (Å²) in [6.45, 7) is 2.00. The number of esters is 1. The zero-order valence-electron chi connectivity index (χ0n) is 9.56. The maximum absolute atomic E-state index is 11.6. The molecule has 0 amide bonds. The molecule has 1 unspecified atom stereocenters. The van der Waals surface area contributed by atoms with Crippen molar-refractivity contribution in [3.8, 4) is 0 Å². The third-order valence-corrected chi connectivity index (χ3v) is 3.49. The average molecular weight is 240 g/mol. The standard InChI is InChI=1S/C12H16O3S/c1-10-4-3-5-11(8-10)9-16(14)7-6-12(13)15-2/h3-5,8H,6-7,9H2,1-2H3. The zero-order valence-corrected chi connectivity index (χ0v) is 10.4. The van der Waals surface area contributed by atoms with E-state index in [2.05, 4.69) is 4.74 Å². The predicted molar refractivity (Wildman–Crippen MR) is 64.5 cm³/mol. The quantitative estimate of drug-likeness (QED) is 0.737. The van der Waals surface area contributed by atoms with E-state index >= 15 is 0 Å². The SMILES string of the molecule is COC(=O)CCS(=O)Cc1cccc(C)c1. The van der Waals surface area contributed by atoms with Gasteiger partial charge in [-0.15, -0.1) is 0 Å². The van der Waals surface area contributed by atoms with Gasteiger partial charge in [-0.1, -0.05) is 29.8 Å². The normalized spacial score (nSPS) is 12.1. The first-order valence-electron chi connectivity index (χ1n) is 5.09. The predicted octanol–water partition coefficient (Wildman–Crippen LogP) is 1.81. The molecule has 1 rings (SSSR count). The highest BCUT2D eigenvalue weighted by Crippen LogP contribution is 2.07. The minimum atomic E-state index is -1.00. The van der Waals surface area contributed by atoms with Gasteiger partial charge >= 0.3 is 5.97 Å². The van der Waals surface area contributed by atoms with Crippen LogP contribution in [-0.2, 0) is 26.1 Å². The van der Waals surface area contributed by atoms with E-state index in [-0.39, 0.29) is 12.4 Å². The number of carbonyl (C=O) groups is 1. The Hall–Kier alpha value is -1.16. The number of hydrogen-bond acceptors (Lipinski definition) is 3. The molecule has 0 aliphatic heterocycles. The van der Waals surface area contributed by atoms with Gasteiger partial charge in [0.15, 0.2) is 0 Å². The lowest BCUT2D eigenvalue weighted by atomic mass is 10.2. The molecule has 0 bridgehead atoms. The fraction of sp³-hybridized carbons (Fsp3) is 0.417. The minimum Gasteiger partial charge on any atom is -0.469 e. The third-order valence-electron chi connectivity index (χ3n) is 2.17. The van der Waals surface area contributed by atoms with Gasteiger partial charge in [-0.2, -0.15) is 0 Å². The van der Waals surface area contributed by atoms with Crippen LogP contribution in [0.15, 0.2) is 24.3 Å². The van der Waals surface area contributed by atoms with Crippen LogP contribution in [0.3, 0.4) is 0 Å². The van der Waals surface area contributed by atoms with Crippen LogP contribution in [0, 0.1) is 6.92 Å².